The van der Waals surface area contributed by atoms with E-state index in [1.165, 1.54) is 0 Å². The highest BCUT2D eigenvalue weighted by Gasteiger charge is 2.52. The highest BCUT2D eigenvalue weighted by atomic mass is 31.3. The van der Waals surface area contributed by atoms with Gasteiger partial charge in [0.1, 0.15) is 0 Å². The molecule has 9 heteroatoms. The Labute approximate surface area is 143 Å². The molecule has 2 aliphatic carbocycles. The minimum atomic E-state index is -5.65. The molecule has 1 saturated carbocycles. The van der Waals surface area contributed by atoms with E-state index in [9.17, 15) is 23.8 Å². The SMILES string of the molecule is CC1=CC[C@H]2C(C)(C)CCC[C@]2(C)[C@H]1COP(=O)([O-])OP(=O)([O-])[O-]. The number of phosphoric ester groups is 1. The topological polar surface area (TPSA) is 122 Å². The zero-order chi connectivity index (χ0) is 18.4. The fraction of sp³-hybridized carbons (Fsp3) is 0.867. The van der Waals surface area contributed by atoms with Crippen LogP contribution in [0.3, 0.4) is 0 Å². The van der Waals surface area contributed by atoms with Crippen LogP contribution in [0.1, 0.15) is 53.4 Å². The second kappa shape index (κ2) is 6.62. The largest absolute Gasteiger partial charge is 0.790 e. The first-order chi connectivity index (χ1) is 10.8. The van der Waals surface area contributed by atoms with Crippen LogP contribution in [0.4, 0.5) is 0 Å². The van der Waals surface area contributed by atoms with Crippen LogP contribution in [0.2, 0.25) is 0 Å². The second-order valence-electron chi connectivity index (χ2n) is 7.91. The van der Waals surface area contributed by atoms with Gasteiger partial charge in [-0.05, 0) is 42.9 Å². The summed E-state index contributed by atoms with van der Waals surface area (Å²) in [6.07, 6.45) is 6.16. The Balaban J connectivity index is 2.19. The number of phosphoric acid groups is 2. The van der Waals surface area contributed by atoms with Crippen molar-refractivity contribution in [3.05, 3.63) is 11.6 Å². The van der Waals surface area contributed by atoms with E-state index in [2.05, 4.69) is 31.2 Å². The molecule has 0 spiro atoms. The number of rotatable bonds is 5. The summed E-state index contributed by atoms with van der Waals surface area (Å²) in [5.41, 5.74) is 1.03. The van der Waals surface area contributed by atoms with Crippen molar-refractivity contribution in [1.29, 1.82) is 0 Å². The van der Waals surface area contributed by atoms with Crippen molar-refractivity contribution in [3.63, 3.8) is 0 Å². The van der Waals surface area contributed by atoms with Crippen molar-refractivity contribution >= 4 is 15.6 Å². The summed E-state index contributed by atoms with van der Waals surface area (Å²) in [7, 11) is -10.8. The first-order valence-electron chi connectivity index (χ1n) is 8.12. The molecule has 0 aromatic rings. The third kappa shape index (κ3) is 4.39. The summed E-state index contributed by atoms with van der Waals surface area (Å²) in [6.45, 7) is 8.32. The third-order valence-corrected chi connectivity index (χ3v) is 7.96. The molecule has 0 amide bonds. The molecule has 1 unspecified atom stereocenters. The molecular formula is C15H25O7P2-3. The Kier molecular flexibility index (Phi) is 5.61. The van der Waals surface area contributed by atoms with E-state index in [4.69, 9.17) is 4.52 Å². The van der Waals surface area contributed by atoms with E-state index < -0.39 is 15.6 Å². The van der Waals surface area contributed by atoms with E-state index in [0.29, 0.717) is 5.92 Å². The first-order valence-corrected chi connectivity index (χ1v) is 11.0. The highest BCUT2D eigenvalue weighted by molar-refractivity contribution is 7.58. The van der Waals surface area contributed by atoms with Crippen LogP contribution in [0.15, 0.2) is 11.6 Å². The first kappa shape index (κ1) is 20.3. The second-order valence-corrected chi connectivity index (χ2v) is 10.6. The number of allylic oxidation sites excluding steroid dienone is 1. The highest BCUT2D eigenvalue weighted by Crippen LogP contribution is 2.60. The molecule has 0 heterocycles. The lowest BCUT2D eigenvalue weighted by Crippen LogP contribution is -2.49. The summed E-state index contributed by atoms with van der Waals surface area (Å²) < 4.78 is 30.4. The van der Waals surface area contributed by atoms with Crippen molar-refractivity contribution in [2.75, 3.05) is 6.61 Å². The Hall–Kier alpha value is -0.0000000000000000416. The minimum Gasteiger partial charge on any atom is -0.790 e. The number of fused-ring (bicyclic) bond motifs is 1. The van der Waals surface area contributed by atoms with E-state index in [0.717, 1.165) is 31.3 Å². The lowest BCUT2D eigenvalue weighted by atomic mass is 9.49. The zero-order valence-electron chi connectivity index (χ0n) is 14.5. The Morgan fingerprint density at radius 2 is 1.83 bits per heavy atom. The molecule has 2 rings (SSSR count). The van der Waals surface area contributed by atoms with Crippen molar-refractivity contribution in [2.24, 2.45) is 22.7 Å². The van der Waals surface area contributed by atoms with Gasteiger partial charge in [-0.3, -0.25) is 8.88 Å². The maximum absolute atomic E-state index is 11.6. The number of hydrogen-bond acceptors (Lipinski definition) is 7. The predicted octanol–water partition coefficient (Wildman–Crippen LogP) is 2.12. The standard InChI is InChI=1S/C15H28O7P2/c1-11-6-7-13-14(2,3)8-5-9-15(13,4)12(11)10-21-24(19,20)22-23(16,17)18/h6,12-13H,5,7-10H2,1-4H3,(H,19,20)(H2,16,17,18)/p-3/t12-,13-,15+/m0/s1. The van der Waals surface area contributed by atoms with E-state index in [1.807, 2.05) is 6.92 Å². The summed E-state index contributed by atoms with van der Waals surface area (Å²) >= 11 is 0. The van der Waals surface area contributed by atoms with Crippen molar-refractivity contribution in [3.8, 4) is 0 Å². The van der Waals surface area contributed by atoms with Crippen LogP contribution in [0, 0.1) is 22.7 Å². The zero-order valence-corrected chi connectivity index (χ0v) is 16.3. The fourth-order valence-corrected chi connectivity index (χ4v) is 6.27. The van der Waals surface area contributed by atoms with Gasteiger partial charge in [-0.15, -0.1) is 0 Å². The molecule has 2 aliphatic rings. The van der Waals surface area contributed by atoms with Gasteiger partial charge in [0.2, 0.25) is 0 Å². The van der Waals surface area contributed by atoms with Crippen LogP contribution in [-0.2, 0) is 18.0 Å². The predicted molar refractivity (Wildman–Crippen MR) is 83.3 cm³/mol. The average Bonchev–Trinajstić information content (AvgIpc) is 2.33. The quantitative estimate of drug-likeness (QED) is 0.530. The molecule has 140 valence electrons. The van der Waals surface area contributed by atoms with Gasteiger partial charge in [-0.2, -0.15) is 0 Å². The third-order valence-electron chi connectivity index (χ3n) is 5.90. The van der Waals surface area contributed by atoms with Crippen molar-refractivity contribution < 1.29 is 32.6 Å². The van der Waals surface area contributed by atoms with Crippen LogP contribution < -0.4 is 14.7 Å². The van der Waals surface area contributed by atoms with Crippen LogP contribution >= 0.6 is 15.6 Å². The van der Waals surface area contributed by atoms with Gasteiger partial charge in [-0.25, -0.2) is 0 Å². The van der Waals surface area contributed by atoms with Gasteiger partial charge in [-0.1, -0.05) is 38.8 Å². The van der Waals surface area contributed by atoms with E-state index >= 15 is 0 Å². The Morgan fingerprint density at radius 3 is 2.42 bits per heavy atom. The molecule has 0 aromatic heterocycles. The fourth-order valence-electron chi connectivity index (χ4n) is 4.77. The lowest BCUT2D eigenvalue weighted by molar-refractivity contribution is -0.339. The van der Waals surface area contributed by atoms with Gasteiger partial charge in [0, 0.05) is 5.92 Å². The molecule has 0 N–H and O–H groups in total. The molecule has 0 bridgehead atoms. The summed E-state index contributed by atoms with van der Waals surface area (Å²) in [5.74, 6) is 0.215. The minimum absolute atomic E-state index is 0.139. The Morgan fingerprint density at radius 1 is 1.21 bits per heavy atom. The van der Waals surface area contributed by atoms with Gasteiger partial charge >= 0.3 is 0 Å². The lowest BCUT2D eigenvalue weighted by Gasteiger charge is -2.56. The normalized spacial score (nSPS) is 35.7. The number of hydrogen-bond donors (Lipinski definition) is 0. The van der Waals surface area contributed by atoms with E-state index in [1.54, 1.807) is 0 Å². The maximum Gasteiger partial charge on any atom is 0.271 e. The Bertz CT molecular complexity index is 609. The van der Waals surface area contributed by atoms with Crippen molar-refractivity contribution in [1.82, 2.24) is 0 Å². The summed E-state index contributed by atoms with van der Waals surface area (Å²) in [4.78, 5) is 32.6. The van der Waals surface area contributed by atoms with Crippen LogP contribution in [-0.4, -0.2) is 6.61 Å². The monoisotopic (exact) mass is 379 g/mol. The average molecular weight is 379 g/mol. The summed E-state index contributed by atoms with van der Waals surface area (Å²) in [5, 5.41) is 0. The molecule has 4 atom stereocenters. The van der Waals surface area contributed by atoms with Crippen molar-refractivity contribution in [2.45, 2.75) is 53.4 Å². The molecule has 0 radical (unpaired) electrons. The smallest absolute Gasteiger partial charge is 0.271 e. The molecule has 7 nitrogen and oxygen atoms in total. The molecule has 0 saturated heterocycles. The van der Waals surface area contributed by atoms with Crippen LogP contribution in [0.25, 0.3) is 0 Å². The summed E-state index contributed by atoms with van der Waals surface area (Å²) in [6, 6.07) is 0. The molecule has 0 aliphatic heterocycles. The van der Waals surface area contributed by atoms with E-state index in [-0.39, 0.29) is 23.4 Å². The molecular weight excluding hydrogens is 354 g/mol. The molecule has 24 heavy (non-hydrogen) atoms. The van der Waals surface area contributed by atoms with Gasteiger partial charge < -0.3 is 23.8 Å². The molecule has 0 aromatic carbocycles. The van der Waals surface area contributed by atoms with Gasteiger partial charge in [0.05, 0.1) is 14.4 Å². The van der Waals surface area contributed by atoms with Gasteiger partial charge in [0.15, 0.2) is 0 Å². The molecule has 1 fully saturated rings. The maximum atomic E-state index is 11.6. The van der Waals surface area contributed by atoms with Gasteiger partial charge in [0.25, 0.3) is 7.82 Å². The van der Waals surface area contributed by atoms with Crippen LogP contribution in [0.5, 0.6) is 0 Å².